The molecule has 0 atom stereocenters. The summed E-state index contributed by atoms with van der Waals surface area (Å²) in [5, 5.41) is 4.00. The fraction of sp³-hybridized carbons (Fsp3) is 0.294. The molecule has 0 bridgehead atoms. The van der Waals surface area contributed by atoms with Crippen molar-refractivity contribution >= 4 is 23.0 Å². The maximum atomic E-state index is 5.94. The molecule has 2 aromatic heterocycles. The van der Waals surface area contributed by atoms with Crippen LogP contribution in [-0.2, 0) is 6.61 Å². The summed E-state index contributed by atoms with van der Waals surface area (Å²) in [7, 11) is 0. The normalized spacial score (nSPS) is 13.7. The summed E-state index contributed by atoms with van der Waals surface area (Å²) in [5.41, 5.74) is 2.43. The van der Waals surface area contributed by atoms with Gasteiger partial charge in [-0.3, -0.25) is 9.97 Å². The third kappa shape index (κ3) is 3.58. The molecule has 3 aromatic rings. The molecule has 8 heteroatoms. The van der Waals surface area contributed by atoms with E-state index in [9.17, 15) is 0 Å². The monoisotopic (exact) mass is 450 g/mol. The second kappa shape index (κ2) is 6.95. The smallest absolute Gasteiger partial charge is 0.264 e. The number of halogens is 1. The topological polar surface area (TPSA) is 83.2 Å². The van der Waals surface area contributed by atoms with Gasteiger partial charge in [-0.15, -0.1) is 0 Å². The molecule has 0 saturated heterocycles. The molecule has 0 spiro atoms. The van der Waals surface area contributed by atoms with Crippen molar-refractivity contribution in [1.82, 2.24) is 20.1 Å². The molecule has 1 saturated carbocycles. The van der Waals surface area contributed by atoms with Crippen LogP contribution in [0.2, 0.25) is 0 Å². The molecule has 4 rings (SSSR count). The van der Waals surface area contributed by atoms with E-state index >= 15 is 0 Å². The van der Waals surface area contributed by atoms with Crippen molar-refractivity contribution in [2.75, 3.05) is 0 Å². The molecule has 128 valence electrons. The first-order valence-electron chi connectivity index (χ1n) is 7.90. The molecule has 0 radical (unpaired) electrons. The van der Waals surface area contributed by atoms with Crippen LogP contribution in [0, 0.1) is 6.92 Å². The Hall–Kier alpha value is -2.23. The first-order valence-corrected chi connectivity index (χ1v) is 8.78. The summed E-state index contributed by atoms with van der Waals surface area (Å²) >= 11 is 1.84. The van der Waals surface area contributed by atoms with Crippen LogP contribution in [0.15, 0.2) is 35.1 Å². The van der Waals surface area contributed by atoms with E-state index in [0.29, 0.717) is 23.3 Å². The highest BCUT2D eigenvalue weighted by atomic mass is 127. The summed E-state index contributed by atoms with van der Waals surface area (Å²) < 4.78 is 16.5. The third-order valence-corrected chi connectivity index (χ3v) is 4.46. The maximum absolute atomic E-state index is 5.94. The Labute approximate surface area is 158 Å². The molecule has 7 nitrogen and oxygen atoms in total. The van der Waals surface area contributed by atoms with E-state index in [1.807, 2.05) is 48.1 Å². The molecule has 0 aliphatic heterocycles. The highest BCUT2D eigenvalue weighted by molar-refractivity contribution is 14.1. The van der Waals surface area contributed by atoms with Crippen LogP contribution in [-0.4, -0.2) is 20.1 Å². The minimum Gasteiger partial charge on any atom is -0.483 e. The lowest BCUT2D eigenvalue weighted by molar-refractivity contribution is 0.243. The molecule has 0 N–H and O–H groups in total. The Bertz CT molecular complexity index is 895. The molecule has 0 unspecified atom stereocenters. The molecule has 0 amide bonds. The summed E-state index contributed by atoms with van der Waals surface area (Å²) in [4.78, 5) is 13.1. The zero-order valence-electron chi connectivity index (χ0n) is 13.5. The second-order valence-electron chi connectivity index (χ2n) is 5.83. The summed E-state index contributed by atoms with van der Waals surface area (Å²) in [5.74, 6) is 3.00. The van der Waals surface area contributed by atoms with Crippen molar-refractivity contribution in [2.24, 2.45) is 0 Å². The first kappa shape index (κ1) is 16.2. The van der Waals surface area contributed by atoms with Crippen LogP contribution in [0.4, 0.5) is 0 Å². The number of ether oxygens (including phenoxy) is 1. The van der Waals surface area contributed by atoms with Gasteiger partial charge in [0, 0.05) is 29.9 Å². The minimum atomic E-state index is 0.191. The zero-order valence-corrected chi connectivity index (χ0v) is 15.6. The van der Waals surface area contributed by atoms with Crippen LogP contribution in [0.5, 0.6) is 11.5 Å². The van der Waals surface area contributed by atoms with Crippen LogP contribution < -0.4 is 7.80 Å². The van der Waals surface area contributed by atoms with Gasteiger partial charge in [0.05, 0.1) is 11.4 Å². The third-order valence-electron chi connectivity index (χ3n) is 3.96. The number of aryl methyl sites for hydroxylation is 1. The van der Waals surface area contributed by atoms with Gasteiger partial charge < -0.3 is 12.3 Å². The van der Waals surface area contributed by atoms with E-state index in [1.54, 1.807) is 12.4 Å². The maximum Gasteiger partial charge on any atom is 0.264 e. The van der Waals surface area contributed by atoms with Crippen LogP contribution in [0.3, 0.4) is 0 Å². The number of hydrogen-bond acceptors (Lipinski definition) is 7. The molecular formula is C17H15IN4O3. The predicted octanol–water partition coefficient (Wildman–Crippen LogP) is 4.02. The van der Waals surface area contributed by atoms with Crippen molar-refractivity contribution in [3.63, 3.8) is 0 Å². The SMILES string of the molecule is Cc1nccnc1-c1ccc(OI)cc1OCc1nc(C2CC2)no1. The molecule has 1 aliphatic rings. The van der Waals surface area contributed by atoms with Crippen LogP contribution in [0.1, 0.15) is 36.2 Å². The van der Waals surface area contributed by atoms with Gasteiger partial charge in [-0.1, -0.05) is 5.16 Å². The Morgan fingerprint density at radius 1 is 1.24 bits per heavy atom. The Morgan fingerprint density at radius 3 is 2.84 bits per heavy atom. The quantitative estimate of drug-likeness (QED) is 0.525. The lowest BCUT2D eigenvalue weighted by Crippen LogP contribution is -2.00. The average molecular weight is 450 g/mol. The number of rotatable bonds is 6. The Balaban J connectivity index is 1.61. The first-order chi connectivity index (χ1) is 12.2. The van der Waals surface area contributed by atoms with Gasteiger partial charge in [-0.2, -0.15) is 4.98 Å². The van der Waals surface area contributed by atoms with Gasteiger partial charge in [0.2, 0.25) is 0 Å². The standard InChI is InChI=1S/C17H15IN4O3/c1-10-16(20-7-6-19-10)13-5-4-12(24-18)8-14(13)23-9-15-21-17(22-25-15)11-2-3-11/h4-8,11H,2-3,9H2,1H3. The predicted molar refractivity (Wildman–Crippen MR) is 97.5 cm³/mol. The van der Waals surface area contributed by atoms with Crippen molar-refractivity contribution < 1.29 is 12.3 Å². The molecule has 1 aromatic carbocycles. The number of nitrogens with zero attached hydrogens (tertiary/aromatic N) is 4. The molecular weight excluding hydrogens is 435 g/mol. The minimum absolute atomic E-state index is 0.191. The van der Waals surface area contributed by atoms with E-state index in [2.05, 4.69) is 20.1 Å². The van der Waals surface area contributed by atoms with E-state index < -0.39 is 0 Å². The largest absolute Gasteiger partial charge is 0.483 e. The highest BCUT2D eigenvalue weighted by Gasteiger charge is 2.28. The fourth-order valence-electron chi connectivity index (χ4n) is 2.51. The fourth-order valence-corrected chi connectivity index (χ4v) is 2.79. The lowest BCUT2D eigenvalue weighted by atomic mass is 10.1. The van der Waals surface area contributed by atoms with E-state index in [1.165, 1.54) is 0 Å². The van der Waals surface area contributed by atoms with Gasteiger partial charge in [0.1, 0.15) is 11.5 Å². The molecule has 1 aliphatic carbocycles. The van der Waals surface area contributed by atoms with Gasteiger partial charge in [-0.05, 0) is 31.9 Å². The van der Waals surface area contributed by atoms with Crippen molar-refractivity contribution in [2.45, 2.75) is 32.3 Å². The van der Waals surface area contributed by atoms with Gasteiger partial charge >= 0.3 is 0 Å². The van der Waals surface area contributed by atoms with Gasteiger partial charge in [-0.25, -0.2) is 0 Å². The van der Waals surface area contributed by atoms with Crippen LogP contribution in [0.25, 0.3) is 11.3 Å². The number of hydrogen-bond donors (Lipinski definition) is 0. The Kier molecular flexibility index (Phi) is 4.51. The van der Waals surface area contributed by atoms with E-state index in [4.69, 9.17) is 12.3 Å². The van der Waals surface area contributed by atoms with E-state index in [-0.39, 0.29) is 6.61 Å². The van der Waals surface area contributed by atoms with Crippen molar-refractivity contribution in [3.05, 3.63) is 48.0 Å². The second-order valence-corrected chi connectivity index (χ2v) is 6.28. The summed E-state index contributed by atoms with van der Waals surface area (Å²) in [6, 6.07) is 5.58. The molecule has 25 heavy (non-hydrogen) atoms. The molecule has 2 heterocycles. The number of benzene rings is 1. The zero-order chi connectivity index (χ0) is 17.2. The average Bonchev–Trinajstić information content (AvgIpc) is 3.39. The van der Waals surface area contributed by atoms with Crippen molar-refractivity contribution in [3.8, 4) is 22.8 Å². The van der Waals surface area contributed by atoms with Crippen molar-refractivity contribution in [1.29, 1.82) is 0 Å². The van der Waals surface area contributed by atoms with Gasteiger partial charge in [0.25, 0.3) is 5.89 Å². The van der Waals surface area contributed by atoms with Gasteiger partial charge in [0.15, 0.2) is 35.4 Å². The Morgan fingerprint density at radius 2 is 2.08 bits per heavy atom. The molecule has 1 fully saturated rings. The summed E-state index contributed by atoms with van der Waals surface area (Å²) in [6.07, 6.45) is 5.59. The summed E-state index contributed by atoms with van der Waals surface area (Å²) in [6.45, 7) is 2.10. The van der Waals surface area contributed by atoms with Crippen LogP contribution >= 0.6 is 23.0 Å². The van der Waals surface area contributed by atoms with E-state index in [0.717, 1.165) is 35.6 Å². The lowest BCUT2D eigenvalue weighted by Gasteiger charge is -2.12. The number of aromatic nitrogens is 4. The highest BCUT2D eigenvalue weighted by Crippen LogP contribution is 2.38.